The molecule has 0 spiro atoms. The lowest BCUT2D eigenvalue weighted by atomic mass is 9.87. The van der Waals surface area contributed by atoms with E-state index in [0.29, 0.717) is 5.75 Å². The fourth-order valence-electron chi connectivity index (χ4n) is 3.88. The fraction of sp³-hybridized carbons (Fsp3) is 0.273. The number of aryl methyl sites for hydroxylation is 1. The Balaban J connectivity index is 0.000000320. The van der Waals surface area contributed by atoms with E-state index in [1.54, 1.807) is 24.3 Å². The Morgan fingerprint density at radius 1 is 0.590 bits per heavy atom. The average Bonchev–Trinajstić information content (AvgIpc) is 2.85. The van der Waals surface area contributed by atoms with Gasteiger partial charge in [-0.2, -0.15) is 0 Å². The molecule has 4 nitrogen and oxygen atoms in total. The van der Waals surface area contributed by atoms with Crippen LogP contribution in [0.3, 0.4) is 0 Å². The van der Waals surface area contributed by atoms with Gasteiger partial charge in [-0.25, -0.2) is 8.42 Å². The van der Waals surface area contributed by atoms with Crippen LogP contribution in [0.2, 0.25) is 0 Å². The summed E-state index contributed by atoms with van der Waals surface area (Å²) in [7, 11) is -4.47. The van der Waals surface area contributed by atoms with Crippen LogP contribution in [0.15, 0.2) is 117 Å². The average molecular weight is 563 g/mol. The number of phenols is 1. The smallest absolute Gasteiger partial charge is 0.166 e. The molecular formula is C33H38O4S2. The maximum Gasteiger partial charge on any atom is 0.166 e. The second kappa shape index (κ2) is 12.0. The second-order valence-electron chi connectivity index (χ2n) is 11.6. The van der Waals surface area contributed by atoms with Gasteiger partial charge in [0.15, 0.2) is 14.7 Å². The van der Waals surface area contributed by atoms with Gasteiger partial charge in [-0.1, -0.05) is 83.5 Å². The Morgan fingerprint density at radius 3 is 1.23 bits per heavy atom. The van der Waals surface area contributed by atoms with Crippen molar-refractivity contribution in [2.75, 3.05) is 0 Å². The van der Waals surface area contributed by atoms with Crippen molar-refractivity contribution in [3.8, 4) is 5.75 Å². The van der Waals surface area contributed by atoms with Gasteiger partial charge in [-0.15, -0.1) is 0 Å². The van der Waals surface area contributed by atoms with Gasteiger partial charge < -0.3 is 9.66 Å². The first-order valence-corrected chi connectivity index (χ1v) is 15.5. The van der Waals surface area contributed by atoms with E-state index in [2.05, 4.69) is 90.1 Å². The normalized spacial score (nSPS) is 12.1. The van der Waals surface area contributed by atoms with Crippen molar-refractivity contribution >= 4 is 21.0 Å². The fourth-order valence-corrected chi connectivity index (χ4v) is 6.39. The molecule has 0 bridgehead atoms. The first-order valence-electron chi connectivity index (χ1n) is 12.8. The topological polar surface area (TPSA) is 77.4 Å². The Morgan fingerprint density at radius 2 is 0.923 bits per heavy atom. The molecule has 0 saturated heterocycles. The molecule has 0 heterocycles. The highest BCUT2D eigenvalue weighted by molar-refractivity contribution is 7.97. The zero-order chi connectivity index (χ0) is 29.0. The largest absolute Gasteiger partial charge is 0.744 e. The highest BCUT2D eigenvalue weighted by atomic mass is 32.2. The molecule has 0 aliphatic heterocycles. The third kappa shape index (κ3) is 8.46. The highest BCUT2D eigenvalue weighted by Gasteiger charge is 2.29. The third-order valence-electron chi connectivity index (χ3n) is 6.29. The van der Waals surface area contributed by atoms with Crippen LogP contribution in [0.25, 0.3) is 0 Å². The summed E-state index contributed by atoms with van der Waals surface area (Å²) >= 11 is 0. The lowest BCUT2D eigenvalue weighted by Gasteiger charge is -2.20. The van der Waals surface area contributed by atoms with Crippen LogP contribution >= 0.6 is 0 Å². The molecular weight excluding hydrogens is 524 g/mol. The molecule has 6 heteroatoms. The van der Waals surface area contributed by atoms with Crippen molar-refractivity contribution < 1.29 is 18.1 Å². The summed E-state index contributed by atoms with van der Waals surface area (Å²) in [6.07, 6.45) is 0. The zero-order valence-electron chi connectivity index (χ0n) is 23.7. The maximum atomic E-state index is 10.4. The molecule has 0 aliphatic carbocycles. The number of aromatic hydroxyl groups is 1. The van der Waals surface area contributed by atoms with E-state index in [1.165, 1.54) is 37.9 Å². The predicted molar refractivity (Wildman–Crippen MR) is 160 cm³/mol. The first kappa shape index (κ1) is 30.5. The number of hydrogen-bond donors (Lipinski definition) is 1. The van der Waals surface area contributed by atoms with E-state index >= 15 is 0 Å². The number of benzene rings is 4. The van der Waals surface area contributed by atoms with Crippen LogP contribution in [0.4, 0.5) is 0 Å². The van der Waals surface area contributed by atoms with E-state index in [1.807, 2.05) is 19.1 Å². The van der Waals surface area contributed by atoms with Gasteiger partial charge in [0.25, 0.3) is 0 Å². The van der Waals surface area contributed by atoms with Gasteiger partial charge in [-0.3, -0.25) is 0 Å². The summed E-state index contributed by atoms with van der Waals surface area (Å²) in [4.78, 5) is 3.62. The van der Waals surface area contributed by atoms with Crippen molar-refractivity contribution in [2.45, 2.75) is 78.9 Å². The summed E-state index contributed by atoms with van der Waals surface area (Å²) in [5.41, 5.74) is 3.90. The zero-order valence-corrected chi connectivity index (χ0v) is 25.4. The quantitative estimate of drug-likeness (QED) is 0.202. The van der Waals surface area contributed by atoms with Crippen molar-refractivity contribution in [1.29, 1.82) is 0 Å². The Kier molecular flexibility index (Phi) is 9.37. The van der Waals surface area contributed by atoms with Gasteiger partial charge in [0, 0.05) is 0 Å². The van der Waals surface area contributed by atoms with Crippen LogP contribution in [0.5, 0.6) is 5.75 Å². The highest BCUT2D eigenvalue weighted by Crippen LogP contribution is 2.34. The SMILES string of the molecule is CC(C)(C)c1ccc([S+](c2ccc(O)cc2)c2ccc(C(C)(C)C)cc2)cc1.Cc1ccc(S(=O)(=O)[O-])cc1. The summed E-state index contributed by atoms with van der Waals surface area (Å²) in [5, 5.41) is 9.73. The van der Waals surface area contributed by atoms with Crippen molar-refractivity contribution in [1.82, 2.24) is 0 Å². The van der Waals surface area contributed by atoms with E-state index in [9.17, 15) is 18.1 Å². The van der Waals surface area contributed by atoms with E-state index in [-0.39, 0.29) is 26.6 Å². The van der Waals surface area contributed by atoms with Crippen molar-refractivity contribution in [3.63, 3.8) is 0 Å². The first-order chi connectivity index (χ1) is 18.1. The maximum absolute atomic E-state index is 10.4. The van der Waals surface area contributed by atoms with Crippen LogP contribution in [0.1, 0.15) is 58.2 Å². The second-order valence-corrected chi connectivity index (χ2v) is 15.0. The minimum Gasteiger partial charge on any atom is -0.744 e. The number of phenolic OH excluding ortho intramolecular Hbond substituents is 1. The van der Waals surface area contributed by atoms with Crippen LogP contribution in [-0.2, 0) is 31.8 Å². The lowest BCUT2D eigenvalue weighted by molar-refractivity contribution is 0.463. The molecule has 4 aromatic rings. The van der Waals surface area contributed by atoms with Gasteiger partial charge in [-0.05, 0) is 89.5 Å². The Labute approximate surface area is 236 Å². The number of rotatable bonds is 4. The standard InChI is InChI=1S/C26H30OS.C7H8O3S/c1-25(2,3)19-7-13-22(14-8-19)28(24-17-11-21(27)12-18-24)23-15-9-20(10-16-23)26(4,5)6;1-6-2-4-7(5-3-6)11(8,9)10/h7-18H,1-6H3;2-5H,1H3,(H,8,9,10). The third-order valence-corrected chi connectivity index (χ3v) is 9.37. The summed E-state index contributed by atoms with van der Waals surface area (Å²) in [6, 6.07) is 31.4. The van der Waals surface area contributed by atoms with Crippen molar-refractivity contribution in [2.24, 2.45) is 0 Å². The Bertz CT molecular complexity index is 1400. The molecule has 0 aliphatic rings. The summed E-state index contributed by atoms with van der Waals surface area (Å²) in [5.74, 6) is 0.304. The molecule has 0 saturated carbocycles. The van der Waals surface area contributed by atoms with Gasteiger partial charge in [0.05, 0.1) is 15.8 Å². The summed E-state index contributed by atoms with van der Waals surface area (Å²) in [6.45, 7) is 15.3. The molecule has 4 rings (SSSR count). The van der Waals surface area contributed by atoms with Gasteiger partial charge in [0.2, 0.25) is 0 Å². The van der Waals surface area contributed by atoms with E-state index in [0.717, 1.165) is 5.56 Å². The van der Waals surface area contributed by atoms with Gasteiger partial charge in [0.1, 0.15) is 15.9 Å². The predicted octanol–water partition coefficient (Wildman–Crippen LogP) is 7.98. The van der Waals surface area contributed by atoms with Crippen LogP contribution in [-0.4, -0.2) is 18.1 Å². The molecule has 0 aromatic heterocycles. The number of hydrogen-bond acceptors (Lipinski definition) is 4. The molecule has 1 N–H and O–H groups in total. The molecule has 0 amide bonds. The molecule has 206 valence electrons. The monoisotopic (exact) mass is 562 g/mol. The van der Waals surface area contributed by atoms with Crippen LogP contribution < -0.4 is 0 Å². The minimum absolute atomic E-state index is 0.143. The summed E-state index contributed by atoms with van der Waals surface area (Å²) < 4.78 is 31.2. The van der Waals surface area contributed by atoms with Gasteiger partial charge >= 0.3 is 0 Å². The van der Waals surface area contributed by atoms with Crippen molar-refractivity contribution in [3.05, 3.63) is 114 Å². The van der Waals surface area contributed by atoms with E-state index in [4.69, 9.17) is 0 Å². The Hall–Kier alpha value is -3.06. The lowest BCUT2D eigenvalue weighted by Crippen LogP contribution is -2.12. The molecule has 0 unspecified atom stereocenters. The molecule has 0 fully saturated rings. The van der Waals surface area contributed by atoms with E-state index < -0.39 is 10.1 Å². The molecule has 39 heavy (non-hydrogen) atoms. The molecule has 4 aromatic carbocycles. The minimum atomic E-state index is -4.27. The molecule has 0 atom stereocenters. The van der Waals surface area contributed by atoms with Crippen LogP contribution in [0, 0.1) is 6.92 Å². The molecule has 0 radical (unpaired) electrons.